The highest BCUT2D eigenvalue weighted by Crippen LogP contribution is 2.26. The van der Waals surface area contributed by atoms with Crippen molar-refractivity contribution >= 4 is 41.5 Å². The molecule has 1 aromatic rings. The lowest BCUT2D eigenvalue weighted by molar-refractivity contribution is -0.135. The maximum atomic E-state index is 12.8. The van der Waals surface area contributed by atoms with Gasteiger partial charge in [-0.3, -0.25) is 9.79 Å². The lowest BCUT2D eigenvalue weighted by Gasteiger charge is -2.26. The summed E-state index contributed by atoms with van der Waals surface area (Å²) in [5.74, 6) is 1.40. The molecule has 1 saturated carbocycles. The van der Waals surface area contributed by atoms with Gasteiger partial charge < -0.3 is 25.6 Å². The minimum Gasteiger partial charge on any atom is -0.383 e. The number of ether oxygens (including phenoxy) is 1. The van der Waals surface area contributed by atoms with Crippen LogP contribution in [0, 0.1) is 5.92 Å². The normalized spacial score (nSPS) is 19.6. The molecule has 1 aromatic carbocycles. The summed E-state index contributed by atoms with van der Waals surface area (Å²) in [5.41, 5.74) is 2.28. The molecule has 3 N–H and O–H groups in total. The zero-order chi connectivity index (χ0) is 21.2. The Morgan fingerprint density at radius 3 is 2.58 bits per heavy atom. The summed E-state index contributed by atoms with van der Waals surface area (Å²) in [6, 6.07) is 8.63. The monoisotopic (exact) mass is 543 g/mol. The van der Waals surface area contributed by atoms with E-state index in [-0.39, 0.29) is 35.9 Å². The van der Waals surface area contributed by atoms with Crippen LogP contribution in [0.25, 0.3) is 0 Å². The van der Waals surface area contributed by atoms with Crippen molar-refractivity contribution in [2.24, 2.45) is 10.9 Å². The van der Waals surface area contributed by atoms with E-state index >= 15 is 0 Å². The number of benzene rings is 1. The molecule has 31 heavy (non-hydrogen) atoms. The number of hydrogen-bond acceptors (Lipinski definition) is 4. The predicted molar refractivity (Wildman–Crippen MR) is 137 cm³/mol. The highest BCUT2D eigenvalue weighted by Gasteiger charge is 2.31. The molecule has 1 heterocycles. The quantitative estimate of drug-likeness (QED) is 0.203. The van der Waals surface area contributed by atoms with Crippen LogP contribution in [-0.4, -0.2) is 63.2 Å². The first kappa shape index (κ1) is 25.7. The molecule has 2 aliphatic rings. The largest absolute Gasteiger partial charge is 0.383 e. The zero-order valence-corrected chi connectivity index (χ0v) is 21.2. The van der Waals surface area contributed by atoms with Crippen LogP contribution in [0.4, 0.5) is 5.69 Å². The first-order valence-electron chi connectivity index (χ1n) is 11.3. The fraction of sp³-hybridized carbons (Fsp3) is 0.652. The Kier molecular flexibility index (Phi) is 11.4. The number of nitrogens with zero attached hydrogens (tertiary/aromatic N) is 2. The van der Waals surface area contributed by atoms with Crippen molar-refractivity contribution in [3.63, 3.8) is 0 Å². The minimum absolute atomic E-state index is 0. The molecule has 174 valence electrons. The minimum atomic E-state index is 0. The fourth-order valence-corrected chi connectivity index (χ4v) is 4.30. The summed E-state index contributed by atoms with van der Waals surface area (Å²) in [5, 5.41) is 10.2. The van der Waals surface area contributed by atoms with Gasteiger partial charge in [0.15, 0.2) is 5.96 Å². The summed E-state index contributed by atoms with van der Waals surface area (Å²) in [6.45, 7) is 3.82. The number of halogens is 1. The third-order valence-corrected chi connectivity index (χ3v) is 6.07. The number of carbonyl (C=O) groups excluding carboxylic acids is 1. The number of anilines is 1. The van der Waals surface area contributed by atoms with Crippen molar-refractivity contribution in [2.45, 2.75) is 51.1 Å². The van der Waals surface area contributed by atoms with E-state index in [4.69, 9.17) is 4.74 Å². The van der Waals surface area contributed by atoms with Crippen molar-refractivity contribution in [1.82, 2.24) is 15.5 Å². The van der Waals surface area contributed by atoms with Crippen LogP contribution in [0.1, 0.15) is 44.1 Å². The van der Waals surface area contributed by atoms with E-state index in [2.05, 4.69) is 50.1 Å². The lowest BCUT2D eigenvalue weighted by atomic mass is 9.88. The van der Waals surface area contributed by atoms with Gasteiger partial charge in [0.1, 0.15) is 0 Å². The Balaban J connectivity index is 0.00000341. The Bertz CT molecular complexity index is 692. The number of methoxy groups -OCH3 is 1. The molecule has 7 nitrogen and oxygen atoms in total. The molecule has 1 saturated heterocycles. The second-order valence-corrected chi connectivity index (χ2v) is 8.29. The van der Waals surface area contributed by atoms with Crippen LogP contribution in [0.5, 0.6) is 0 Å². The molecule has 8 heteroatoms. The molecule has 1 aliphatic heterocycles. The average Bonchev–Trinajstić information content (AvgIpc) is 3.26. The first-order valence-corrected chi connectivity index (χ1v) is 11.3. The standard InChI is InChI=1S/C23H37N5O2.HI/c1-24-23(26-16-18-8-10-20(11-9-18)25-13-15-30-2)27-21-12-14-28(17-21)22(29)19-6-4-3-5-7-19;/h8-11,19,21,25H,3-7,12-17H2,1-2H3,(H2,24,26,27);1H. The summed E-state index contributed by atoms with van der Waals surface area (Å²) in [6.07, 6.45) is 6.79. The summed E-state index contributed by atoms with van der Waals surface area (Å²) >= 11 is 0. The van der Waals surface area contributed by atoms with Crippen LogP contribution >= 0.6 is 24.0 Å². The highest BCUT2D eigenvalue weighted by molar-refractivity contribution is 14.0. The van der Waals surface area contributed by atoms with Crippen molar-refractivity contribution in [2.75, 3.05) is 45.7 Å². The number of amides is 1. The number of aliphatic imine (C=N–C) groups is 1. The Morgan fingerprint density at radius 1 is 1.16 bits per heavy atom. The number of hydrogen-bond donors (Lipinski definition) is 3. The second kappa shape index (κ2) is 13.8. The van der Waals surface area contributed by atoms with Gasteiger partial charge in [-0.2, -0.15) is 0 Å². The van der Waals surface area contributed by atoms with Crippen molar-refractivity contribution < 1.29 is 9.53 Å². The molecule has 1 amide bonds. The van der Waals surface area contributed by atoms with Gasteiger partial charge in [-0.1, -0.05) is 31.4 Å². The molecule has 2 fully saturated rings. The van der Waals surface area contributed by atoms with E-state index in [9.17, 15) is 4.79 Å². The molecule has 1 unspecified atom stereocenters. The van der Waals surface area contributed by atoms with Gasteiger partial charge in [0.05, 0.1) is 6.61 Å². The van der Waals surface area contributed by atoms with Crippen LogP contribution in [0.3, 0.4) is 0 Å². The molecular weight excluding hydrogens is 505 g/mol. The summed E-state index contributed by atoms with van der Waals surface area (Å²) in [7, 11) is 3.49. The molecular formula is C23H38IN5O2. The fourth-order valence-electron chi connectivity index (χ4n) is 4.30. The van der Waals surface area contributed by atoms with Crippen LogP contribution in [-0.2, 0) is 16.1 Å². The molecule has 1 aliphatic carbocycles. The number of rotatable bonds is 8. The number of nitrogens with one attached hydrogen (secondary N) is 3. The van der Waals surface area contributed by atoms with Crippen molar-refractivity contribution in [1.29, 1.82) is 0 Å². The third-order valence-electron chi connectivity index (χ3n) is 6.07. The molecule has 3 rings (SSSR count). The van der Waals surface area contributed by atoms with E-state index in [1.165, 1.54) is 24.8 Å². The van der Waals surface area contributed by atoms with Crippen LogP contribution < -0.4 is 16.0 Å². The SMILES string of the molecule is CN=C(NCc1ccc(NCCOC)cc1)NC1CCN(C(=O)C2CCCCC2)C1.I. The van der Waals surface area contributed by atoms with E-state index in [0.29, 0.717) is 19.1 Å². The molecule has 0 spiro atoms. The second-order valence-electron chi connectivity index (χ2n) is 8.29. The van der Waals surface area contributed by atoms with Gasteiger partial charge in [0.25, 0.3) is 0 Å². The molecule has 0 bridgehead atoms. The molecule has 0 radical (unpaired) electrons. The molecule has 1 atom stereocenters. The first-order chi connectivity index (χ1) is 14.7. The van der Waals surface area contributed by atoms with E-state index in [1.54, 1.807) is 14.2 Å². The van der Waals surface area contributed by atoms with Crippen LogP contribution in [0.15, 0.2) is 29.3 Å². The van der Waals surface area contributed by atoms with E-state index in [0.717, 1.165) is 50.5 Å². The maximum absolute atomic E-state index is 12.8. The van der Waals surface area contributed by atoms with Gasteiger partial charge in [-0.15, -0.1) is 24.0 Å². The van der Waals surface area contributed by atoms with Gasteiger partial charge >= 0.3 is 0 Å². The zero-order valence-electron chi connectivity index (χ0n) is 18.9. The van der Waals surface area contributed by atoms with Crippen LogP contribution in [0.2, 0.25) is 0 Å². The smallest absolute Gasteiger partial charge is 0.225 e. The van der Waals surface area contributed by atoms with Crippen molar-refractivity contribution in [3.8, 4) is 0 Å². The topological polar surface area (TPSA) is 78.0 Å². The van der Waals surface area contributed by atoms with Gasteiger partial charge in [0, 0.05) is 58.0 Å². The van der Waals surface area contributed by atoms with Crippen molar-refractivity contribution in [3.05, 3.63) is 29.8 Å². The predicted octanol–water partition coefficient (Wildman–Crippen LogP) is 3.21. The highest BCUT2D eigenvalue weighted by atomic mass is 127. The van der Waals surface area contributed by atoms with Gasteiger partial charge in [-0.05, 0) is 37.0 Å². The summed E-state index contributed by atoms with van der Waals surface area (Å²) in [4.78, 5) is 19.2. The third kappa shape index (κ3) is 8.14. The van der Waals surface area contributed by atoms with Gasteiger partial charge in [0.2, 0.25) is 5.91 Å². The number of guanidine groups is 1. The molecule has 0 aromatic heterocycles. The van der Waals surface area contributed by atoms with Gasteiger partial charge in [-0.25, -0.2) is 0 Å². The maximum Gasteiger partial charge on any atom is 0.225 e. The Labute approximate surface area is 203 Å². The lowest BCUT2D eigenvalue weighted by Crippen LogP contribution is -2.45. The average molecular weight is 543 g/mol. The van der Waals surface area contributed by atoms with E-state index in [1.807, 2.05) is 0 Å². The summed E-state index contributed by atoms with van der Waals surface area (Å²) < 4.78 is 5.06. The Morgan fingerprint density at radius 2 is 1.90 bits per heavy atom. The van der Waals surface area contributed by atoms with E-state index < -0.39 is 0 Å². The Hall–Kier alpha value is -1.55. The number of carbonyl (C=O) groups is 1. The number of likely N-dealkylation sites (tertiary alicyclic amines) is 1.